The fourth-order valence-electron chi connectivity index (χ4n) is 2.81. The van der Waals surface area contributed by atoms with E-state index in [0.29, 0.717) is 29.6 Å². The normalized spacial score (nSPS) is 15.4. The minimum absolute atomic E-state index is 0.219. The Morgan fingerprint density at radius 2 is 1.82 bits per heavy atom. The van der Waals surface area contributed by atoms with Crippen molar-refractivity contribution in [2.75, 3.05) is 13.7 Å². The number of aryl methyl sites for hydroxylation is 1. The number of carbonyl (C=O) groups is 2. The summed E-state index contributed by atoms with van der Waals surface area (Å²) in [5.41, 5.74) is 3.05. The molecule has 28 heavy (non-hydrogen) atoms. The molecule has 0 aromatic heterocycles. The predicted molar refractivity (Wildman–Crippen MR) is 111 cm³/mol. The van der Waals surface area contributed by atoms with E-state index in [1.165, 1.54) is 10.5 Å². The number of hydrogen-bond donors (Lipinski definition) is 0. The molecule has 0 N–H and O–H groups in total. The van der Waals surface area contributed by atoms with Crippen LogP contribution < -0.4 is 9.47 Å². The van der Waals surface area contributed by atoms with Gasteiger partial charge in [0.15, 0.2) is 11.5 Å². The topological polar surface area (TPSA) is 55.8 Å². The first-order valence-corrected chi connectivity index (χ1v) is 9.95. The van der Waals surface area contributed by atoms with Gasteiger partial charge >= 0.3 is 0 Å². The first-order valence-electron chi connectivity index (χ1n) is 9.13. The molecule has 0 saturated carbocycles. The Bertz CT molecular complexity index is 905. The van der Waals surface area contributed by atoms with E-state index < -0.39 is 0 Å². The Kier molecular flexibility index (Phi) is 6.41. The smallest absolute Gasteiger partial charge is 0.293 e. The number of thioether (sulfide) groups is 1. The molecule has 0 spiro atoms. The summed E-state index contributed by atoms with van der Waals surface area (Å²) in [5.74, 6) is 0.962. The Labute approximate surface area is 169 Å². The van der Waals surface area contributed by atoms with Crippen LogP contribution in [0.1, 0.15) is 30.0 Å². The van der Waals surface area contributed by atoms with Gasteiger partial charge in [0.2, 0.25) is 0 Å². The summed E-state index contributed by atoms with van der Waals surface area (Å²) in [6.07, 6.45) is 2.46. The quantitative estimate of drug-likeness (QED) is 0.614. The van der Waals surface area contributed by atoms with Gasteiger partial charge in [-0.15, -0.1) is 0 Å². The number of benzene rings is 2. The van der Waals surface area contributed by atoms with Gasteiger partial charge in [-0.3, -0.25) is 14.5 Å². The third-order valence-corrected chi connectivity index (χ3v) is 5.23. The highest BCUT2D eigenvalue weighted by molar-refractivity contribution is 8.18. The SMILES string of the molecule is CCCN1C(=O)SC(=Cc2ccc(OCc3ccc(C)cc3)c(OC)c2)C1=O. The van der Waals surface area contributed by atoms with Crippen molar-refractivity contribution < 1.29 is 19.1 Å². The lowest BCUT2D eigenvalue weighted by Crippen LogP contribution is -2.28. The molecule has 5 nitrogen and oxygen atoms in total. The summed E-state index contributed by atoms with van der Waals surface area (Å²) in [6, 6.07) is 13.6. The Morgan fingerprint density at radius 1 is 1.07 bits per heavy atom. The number of imide groups is 1. The molecule has 0 unspecified atom stereocenters. The molecule has 0 bridgehead atoms. The molecule has 2 amide bonds. The van der Waals surface area contributed by atoms with Crippen molar-refractivity contribution in [3.8, 4) is 11.5 Å². The molecular weight excluding hydrogens is 374 g/mol. The van der Waals surface area contributed by atoms with Crippen molar-refractivity contribution in [2.24, 2.45) is 0 Å². The Hall–Kier alpha value is -2.73. The maximum Gasteiger partial charge on any atom is 0.293 e. The molecule has 2 aromatic carbocycles. The molecule has 3 rings (SSSR count). The minimum Gasteiger partial charge on any atom is -0.493 e. The molecule has 1 heterocycles. The molecule has 1 aliphatic rings. The van der Waals surface area contributed by atoms with E-state index in [4.69, 9.17) is 9.47 Å². The monoisotopic (exact) mass is 397 g/mol. The molecule has 1 saturated heterocycles. The summed E-state index contributed by atoms with van der Waals surface area (Å²) < 4.78 is 11.3. The van der Waals surface area contributed by atoms with Gasteiger partial charge in [0.1, 0.15) is 6.61 Å². The second-order valence-corrected chi connectivity index (χ2v) is 7.51. The van der Waals surface area contributed by atoms with E-state index in [1.54, 1.807) is 19.3 Å². The largest absolute Gasteiger partial charge is 0.493 e. The van der Waals surface area contributed by atoms with Crippen molar-refractivity contribution in [2.45, 2.75) is 26.9 Å². The summed E-state index contributed by atoms with van der Waals surface area (Å²) in [4.78, 5) is 26.1. The van der Waals surface area contributed by atoms with Gasteiger partial charge in [-0.05, 0) is 54.4 Å². The number of ether oxygens (including phenoxy) is 2. The van der Waals surface area contributed by atoms with Crippen molar-refractivity contribution in [1.82, 2.24) is 4.90 Å². The lowest BCUT2D eigenvalue weighted by Gasteiger charge is -2.12. The van der Waals surface area contributed by atoms with Crippen LogP contribution in [-0.4, -0.2) is 29.7 Å². The third kappa shape index (κ3) is 4.57. The standard InChI is InChI=1S/C22H23NO4S/c1-4-11-23-21(24)20(28-22(23)25)13-17-9-10-18(19(12-17)26-3)27-14-16-7-5-15(2)6-8-16/h5-10,12-13H,4,11,14H2,1-3H3. The summed E-state index contributed by atoms with van der Waals surface area (Å²) in [7, 11) is 1.58. The third-order valence-electron chi connectivity index (χ3n) is 4.32. The molecule has 1 aliphatic heterocycles. The summed E-state index contributed by atoms with van der Waals surface area (Å²) >= 11 is 0.969. The molecule has 6 heteroatoms. The highest BCUT2D eigenvalue weighted by Gasteiger charge is 2.34. The fourth-order valence-corrected chi connectivity index (χ4v) is 3.67. The number of carbonyl (C=O) groups excluding carboxylic acids is 2. The van der Waals surface area contributed by atoms with Crippen molar-refractivity contribution in [3.63, 3.8) is 0 Å². The van der Waals surface area contributed by atoms with Gasteiger partial charge in [0.25, 0.3) is 11.1 Å². The highest BCUT2D eigenvalue weighted by atomic mass is 32.2. The van der Waals surface area contributed by atoms with Crippen LogP contribution in [0.2, 0.25) is 0 Å². The lowest BCUT2D eigenvalue weighted by atomic mass is 10.1. The van der Waals surface area contributed by atoms with E-state index in [2.05, 4.69) is 0 Å². The number of nitrogens with zero attached hydrogens (tertiary/aromatic N) is 1. The minimum atomic E-state index is -0.240. The van der Waals surface area contributed by atoms with Crippen LogP contribution in [0.5, 0.6) is 11.5 Å². The van der Waals surface area contributed by atoms with Crippen molar-refractivity contribution in [1.29, 1.82) is 0 Å². The zero-order valence-corrected chi connectivity index (χ0v) is 17.0. The first-order chi connectivity index (χ1) is 13.5. The molecule has 146 valence electrons. The summed E-state index contributed by atoms with van der Waals surface area (Å²) in [6.45, 7) is 4.86. The molecule has 1 fully saturated rings. The van der Waals surface area contributed by atoms with Gasteiger partial charge in [0, 0.05) is 6.54 Å². The van der Waals surface area contributed by atoms with Crippen molar-refractivity contribution >= 4 is 29.0 Å². The lowest BCUT2D eigenvalue weighted by molar-refractivity contribution is -0.122. The van der Waals surface area contributed by atoms with Gasteiger partial charge in [0.05, 0.1) is 12.0 Å². The maximum absolute atomic E-state index is 12.4. The van der Waals surface area contributed by atoms with Crippen molar-refractivity contribution in [3.05, 3.63) is 64.1 Å². The van der Waals surface area contributed by atoms with E-state index in [0.717, 1.165) is 29.3 Å². The second-order valence-electron chi connectivity index (χ2n) is 6.52. The van der Waals surface area contributed by atoms with E-state index in [1.807, 2.05) is 50.2 Å². The highest BCUT2D eigenvalue weighted by Crippen LogP contribution is 2.34. The molecule has 0 radical (unpaired) electrons. The Balaban J connectivity index is 1.75. The van der Waals surface area contributed by atoms with E-state index >= 15 is 0 Å². The fraction of sp³-hybridized carbons (Fsp3) is 0.273. The predicted octanol–water partition coefficient (Wildman–Crippen LogP) is 5.03. The first kappa shape index (κ1) is 20.0. The van der Waals surface area contributed by atoms with Crippen LogP contribution >= 0.6 is 11.8 Å². The van der Waals surface area contributed by atoms with E-state index in [-0.39, 0.29) is 11.1 Å². The van der Waals surface area contributed by atoms with Crippen LogP contribution in [0, 0.1) is 6.92 Å². The molecule has 2 aromatic rings. The molecule has 0 aliphatic carbocycles. The number of methoxy groups -OCH3 is 1. The second kappa shape index (κ2) is 8.97. The molecule has 0 atom stereocenters. The maximum atomic E-state index is 12.4. The van der Waals surface area contributed by atoms with Crippen LogP contribution in [0.4, 0.5) is 4.79 Å². The van der Waals surface area contributed by atoms with Gasteiger partial charge in [-0.25, -0.2) is 0 Å². The number of rotatable bonds is 7. The zero-order valence-electron chi connectivity index (χ0n) is 16.2. The summed E-state index contributed by atoms with van der Waals surface area (Å²) in [5, 5.41) is -0.219. The van der Waals surface area contributed by atoms with Gasteiger partial charge < -0.3 is 9.47 Å². The Morgan fingerprint density at radius 3 is 2.50 bits per heavy atom. The van der Waals surface area contributed by atoms with Crippen LogP contribution in [0.15, 0.2) is 47.4 Å². The van der Waals surface area contributed by atoms with Gasteiger partial charge in [-0.2, -0.15) is 0 Å². The zero-order chi connectivity index (χ0) is 20.1. The van der Waals surface area contributed by atoms with Crippen LogP contribution in [0.3, 0.4) is 0 Å². The number of amides is 2. The average Bonchev–Trinajstić information content (AvgIpc) is 2.96. The molecular formula is C22H23NO4S. The average molecular weight is 397 g/mol. The number of hydrogen-bond acceptors (Lipinski definition) is 5. The van der Waals surface area contributed by atoms with Gasteiger partial charge in [-0.1, -0.05) is 42.8 Å². The van der Waals surface area contributed by atoms with Crippen LogP contribution in [-0.2, 0) is 11.4 Å². The van der Waals surface area contributed by atoms with E-state index in [9.17, 15) is 9.59 Å². The van der Waals surface area contributed by atoms with Crippen LogP contribution in [0.25, 0.3) is 6.08 Å².